The maximum absolute atomic E-state index is 10.3. The first-order valence-electron chi connectivity index (χ1n) is 6.00. The Bertz CT molecular complexity index is 280. The van der Waals surface area contributed by atoms with Gasteiger partial charge in [0.2, 0.25) is 0 Å². The minimum atomic E-state index is -0.528. The summed E-state index contributed by atoms with van der Waals surface area (Å²) in [5.74, 6) is 0.808. The second-order valence-corrected chi connectivity index (χ2v) is 7.03. The maximum atomic E-state index is 10.3. The van der Waals surface area contributed by atoms with E-state index in [-0.39, 0.29) is 5.21 Å². The fourth-order valence-corrected chi connectivity index (χ4v) is 4.32. The third-order valence-electron chi connectivity index (χ3n) is 5.89. The summed E-state index contributed by atoms with van der Waals surface area (Å²) < 4.78 is 0. The highest BCUT2D eigenvalue weighted by Gasteiger charge is 2.88. The molecule has 3 aliphatic rings. The van der Waals surface area contributed by atoms with Crippen molar-refractivity contribution in [3.05, 3.63) is 0 Å². The molecule has 0 bridgehead atoms. The van der Waals surface area contributed by atoms with E-state index in [0.29, 0.717) is 10.8 Å². The van der Waals surface area contributed by atoms with Crippen LogP contribution in [0.5, 0.6) is 0 Å². The predicted molar refractivity (Wildman–Crippen MR) is 68.6 cm³/mol. The molecule has 1 N–H and O–H groups in total. The lowest BCUT2D eigenvalue weighted by molar-refractivity contribution is 0.173. The molecule has 0 unspecified atom stereocenters. The van der Waals surface area contributed by atoms with Gasteiger partial charge in [-0.3, -0.25) is 0 Å². The van der Waals surface area contributed by atoms with Crippen molar-refractivity contribution < 1.29 is 5.11 Å². The summed E-state index contributed by atoms with van der Waals surface area (Å²) in [5.41, 5.74) is 1.41. The molecule has 0 amide bonds. The van der Waals surface area contributed by atoms with Gasteiger partial charge in [-0.1, -0.05) is 5.21 Å². The molecule has 0 atom stereocenters. The predicted octanol–water partition coefficient (Wildman–Crippen LogP) is -2.53. The maximum Gasteiger partial charge on any atom is 0.130 e. The van der Waals surface area contributed by atoms with Crippen LogP contribution in [0.4, 0.5) is 0 Å². The SMILES string of the molecule is BC(B)(O)C(B)(B)C1C2(CC2)C12CC2. The van der Waals surface area contributed by atoms with Crippen molar-refractivity contribution in [3.63, 3.8) is 0 Å². The van der Waals surface area contributed by atoms with Crippen LogP contribution in [0.25, 0.3) is 0 Å². The lowest BCUT2D eigenvalue weighted by atomic mass is 9.33. The molecule has 0 aromatic carbocycles. The van der Waals surface area contributed by atoms with E-state index >= 15 is 0 Å². The highest BCUT2D eigenvalue weighted by atomic mass is 16.3. The Labute approximate surface area is 90.0 Å². The van der Waals surface area contributed by atoms with Crippen molar-refractivity contribution in [3.8, 4) is 0 Å². The van der Waals surface area contributed by atoms with Gasteiger partial charge in [-0.05, 0) is 47.8 Å². The van der Waals surface area contributed by atoms with Crippen LogP contribution in [0.2, 0.25) is 5.21 Å². The molecule has 0 saturated heterocycles. The summed E-state index contributed by atoms with van der Waals surface area (Å²) in [5, 5.41) is 9.84. The fourth-order valence-electron chi connectivity index (χ4n) is 4.32. The molecule has 3 saturated carbocycles. The van der Waals surface area contributed by atoms with Gasteiger partial charge in [0.1, 0.15) is 31.4 Å². The van der Waals surface area contributed by atoms with Crippen LogP contribution < -0.4 is 0 Å². The van der Waals surface area contributed by atoms with E-state index < -0.39 is 5.40 Å². The third kappa shape index (κ3) is 0.787. The van der Waals surface area contributed by atoms with Gasteiger partial charge in [0.25, 0.3) is 0 Å². The minimum Gasteiger partial charge on any atom is -0.409 e. The second-order valence-electron chi connectivity index (χ2n) is 7.03. The lowest BCUT2D eigenvalue weighted by Gasteiger charge is -2.39. The zero-order chi connectivity index (χ0) is 10.4. The molecule has 14 heavy (non-hydrogen) atoms. The van der Waals surface area contributed by atoms with Crippen molar-refractivity contribution in [1.82, 2.24) is 0 Å². The summed E-state index contributed by atoms with van der Waals surface area (Å²) in [6, 6.07) is 0. The smallest absolute Gasteiger partial charge is 0.130 e. The van der Waals surface area contributed by atoms with Crippen LogP contribution in [0, 0.1) is 16.7 Å². The molecule has 0 aromatic heterocycles. The monoisotopic (exact) mass is 186 g/mol. The van der Waals surface area contributed by atoms with Gasteiger partial charge >= 0.3 is 0 Å². The number of fused-ring (bicyclic) bond motifs is 1. The standard InChI is InChI=1S/C9H18B4O/c10-8(11,9(12,13)14)5-6(1-2-6)7(5)3-4-7/h5,14H,1-4,10-13H2. The highest BCUT2D eigenvalue weighted by molar-refractivity contribution is 6.54. The molecular weight excluding hydrogens is 167 g/mol. The first-order chi connectivity index (χ1) is 6.28. The van der Waals surface area contributed by atoms with Gasteiger partial charge in [0, 0.05) is 0 Å². The Hall–Kier alpha value is 0.220. The van der Waals surface area contributed by atoms with Gasteiger partial charge in [0.05, 0.1) is 0 Å². The van der Waals surface area contributed by atoms with Gasteiger partial charge in [0.15, 0.2) is 0 Å². The summed E-state index contributed by atoms with van der Waals surface area (Å²) in [7, 11) is 8.50. The number of hydrogen-bond acceptors (Lipinski definition) is 1. The van der Waals surface area contributed by atoms with Gasteiger partial charge in [-0.25, -0.2) is 0 Å². The zero-order valence-electron chi connectivity index (χ0n) is 9.85. The molecule has 3 rings (SSSR count). The van der Waals surface area contributed by atoms with E-state index in [9.17, 15) is 5.11 Å². The van der Waals surface area contributed by atoms with Crippen molar-refractivity contribution in [2.24, 2.45) is 16.7 Å². The van der Waals surface area contributed by atoms with Crippen LogP contribution in [-0.4, -0.2) is 41.9 Å². The van der Waals surface area contributed by atoms with Crippen molar-refractivity contribution in [2.45, 2.75) is 36.3 Å². The molecule has 0 aromatic rings. The van der Waals surface area contributed by atoms with Crippen LogP contribution in [0.1, 0.15) is 25.7 Å². The van der Waals surface area contributed by atoms with Crippen LogP contribution in [-0.2, 0) is 0 Å². The second kappa shape index (κ2) is 2.03. The lowest BCUT2D eigenvalue weighted by Crippen LogP contribution is -2.47. The number of aliphatic hydroxyl groups is 1. The Balaban J connectivity index is 1.91. The average molecular weight is 185 g/mol. The van der Waals surface area contributed by atoms with E-state index in [1.54, 1.807) is 0 Å². The third-order valence-corrected chi connectivity index (χ3v) is 5.89. The van der Waals surface area contributed by atoms with E-state index in [4.69, 9.17) is 0 Å². The summed E-state index contributed by atoms with van der Waals surface area (Å²) in [6.45, 7) is 0. The number of hydrogen-bond donors (Lipinski definition) is 1. The molecule has 3 aliphatic carbocycles. The summed E-state index contributed by atoms with van der Waals surface area (Å²) >= 11 is 0. The van der Waals surface area contributed by atoms with Crippen LogP contribution >= 0.6 is 0 Å². The minimum absolute atomic E-state index is 0.0972. The Kier molecular flexibility index (Phi) is 1.37. The first-order valence-corrected chi connectivity index (χ1v) is 6.00. The normalized spacial score (nSPS) is 35.9. The van der Waals surface area contributed by atoms with Crippen molar-refractivity contribution in [1.29, 1.82) is 0 Å². The van der Waals surface area contributed by atoms with Gasteiger partial charge in [-0.2, -0.15) is 0 Å². The van der Waals surface area contributed by atoms with Gasteiger partial charge in [-0.15, -0.1) is 0 Å². The summed E-state index contributed by atoms with van der Waals surface area (Å²) in [6.07, 6.45) is 5.77. The largest absolute Gasteiger partial charge is 0.409 e. The molecule has 0 heterocycles. The van der Waals surface area contributed by atoms with Gasteiger partial charge < -0.3 is 5.11 Å². The molecule has 72 valence electrons. The molecule has 2 spiro atoms. The quantitative estimate of drug-likeness (QED) is 0.471. The first kappa shape index (κ1) is 9.45. The molecule has 0 radical (unpaired) electrons. The van der Waals surface area contributed by atoms with Crippen molar-refractivity contribution >= 4 is 31.4 Å². The van der Waals surface area contributed by atoms with E-state index in [1.165, 1.54) is 25.7 Å². The molecule has 1 nitrogen and oxygen atoms in total. The fraction of sp³-hybridized carbons (Fsp3) is 1.00. The average Bonchev–Trinajstić information content (AvgIpc) is 2.79. The highest BCUT2D eigenvalue weighted by Crippen LogP contribution is 2.96. The molecular formula is C9H18B4O. The molecule has 3 fully saturated rings. The van der Waals surface area contributed by atoms with Crippen molar-refractivity contribution in [2.75, 3.05) is 0 Å². The molecule has 5 heteroatoms. The number of rotatable bonds is 2. The zero-order valence-corrected chi connectivity index (χ0v) is 9.85. The summed E-state index contributed by atoms with van der Waals surface area (Å²) in [4.78, 5) is 0. The van der Waals surface area contributed by atoms with E-state index in [2.05, 4.69) is 15.7 Å². The Morgan fingerprint density at radius 3 is 1.50 bits per heavy atom. The Morgan fingerprint density at radius 2 is 1.29 bits per heavy atom. The molecule has 0 aliphatic heterocycles. The topological polar surface area (TPSA) is 20.2 Å². The van der Waals surface area contributed by atoms with Crippen LogP contribution in [0.15, 0.2) is 0 Å². The Morgan fingerprint density at radius 1 is 0.929 bits per heavy atom. The van der Waals surface area contributed by atoms with E-state index in [0.717, 1.165) is 5.92 Å². The van der Waals surface area contributed by atoms with Crippen LogP contribution in [0.3, 0.4) is 0 Å². The van der Waals surface area contributed by atoms with E-state index in [1.807, 2.05) is 15.7 Å².